The summed E-state index contributed by atoms with van der Waals surface area (Å²) < 4.78 is 7.76. The number of azo groups is 1. The summed E-state index contributed by atoms with van der Waals surface area (Å²) >= 11 is 20.9. The van der Waals surface area contributed by atoms with Crippen LogP contribution in [0.25, 0.3) is 10.9 Å². The Kier molecular flexibility index (Phi) is 7.19. The van der Waals surface area contributed by atoms with E-state index in [1.807, 2.05) is 42.5 Å². The minimum absolute atomic E-state index is 0.0166. The Bertz CT molecular complexity index is 1370. The Labute approximate surface area is 213 Å². The molecule has 1 aromatic heterocycles. The van der Waals surface area contributed by atoms with E-state index in [2.05, 4.69) is 31.5 Å². The number of nitrogens with one attached hydrogen (secondary N) is 1. The van der Waals surface area contributed by atoms with Crippen molar-refractivity contribution in [3.8, 4) is 11.6 Å². The minimum atomic E-state index is -0.0166. The number of anilines is 1. The van der Waals surface area contributed by atoms with Gasteiger partial charge in [0.2, 0.25) is 11.0 Å². The molecule has 0 radical (unpaired) electrons. The third-order valence-corrected chi connectivity index (χ3v) is 6.09. The van der Waals surface area contributed by atoms with Crippen molar-refractivity contribution in [2.24, 2.45) is 10.2 Å². The van der Waals surface area contributed by atoms with Gasteiger partial charge in [-0.1, -0.05) is 51.3 Å². The van der Waals surface area contributed by atoms with Crippen LogP contribution in [0.5, 0.6) is 11.6 Å². The molecular formula is C23H17BrCl2N4O2S. The van der Waals surface area contributed by atoms with Gasteiger partial charge in [-0.25, -0.2) is 0 Å². The zero-order valence-corrected chi connectivity index (χ0v) is 21.1. The molecule has 1 heterocycles. The standard InChI is InChI=1S/C23H17BrCl2N4O2S/c1-32-20-9-7-16(11-18(20)26)27-23(33)29-28-21-17-10-14(24)4-8-19(17)30(22(21)31)12-13-2-5-15(25)6-3-13/h2-11,31H,12H2,1H3,(H,27,33). The molecule has 0 atom stereocenters. The second-order valence-corrected chi connectivity index (χ2v) is 9.17. The molecule has 0 fully saturated rings. The van der Waals surface area contributed by atoms with Crippen LogP contribution in [-0.4, -0.2) is 21.9 Å². The van der Waals surface area contributed by atoms with Gasteiger partial charge in [-0.05, 0) is 66.3 Å². The number of rotatable bonds is 5. The maximum Gasteiger partial charge on any atom is 0.221 e. The largest absolute Gasteiger partial charge is 0.495 e. The summed E-state index contributed by atoms with van der Waals surface area (Å²) in [7, 11) is 1.54. The molecule has 0 amide bonds. The molecule has 0 saturated heterocycles. The second kappa shape index (κ2) is 10.1. The molecule has 0 aliphatic heterocycles. The molecular weight excluding hydrogens is 547 g/mol. The molecule has 4 rings (SSSR count). The molecule has 33 heavy (non-hydrogen) atoms. The third kappa shape index (κ3) is 5.30. The van der Waals surface area contributed by atoms with E-state index in [0.29, 0.717) is 33.7 Å². The van der Waals surface area contributed by atoms with Crippen molar-refractivity contribution < 1.29 is 9.84 Å². The third-order valence-electron chi connectivity index (χ3n) is 4.87. The maximum atomic E-state index is 11.0. The van der Waals surface area contributed by atoms with Gasteiger partial charge in [-0.2, -0.15) is 0 Å². The van der Waals surface area contributed by atoms with Crippen molar-refractivity contribution >= 4 is 78.7 Å². The van der Waals surface area contributed by atoms with Gasteiger partial charge < -0.3 is 19.7 Å². The number of hydrogen-bond acceptors (Lipinski definition) is 4. The second-order valence-electron chi connectivity index (χ2n) is 7.03. The Balaban J connectivity index is 1.64. The molecule has 0 spiro atoms. The highest BCUT2D eigenvalue weighted by atomic mass is 79.9. The lowest BCUT2D eigenvalue weighted by Gasteiger charge is -2.07. The highest BCUT2D eigenvalue weighted by molar-refractivity contribution is 9.10. The first-order valence-electron chi connectivity index (χ1n) is 9.67. The van der Waals surface area contributed by atoms with Gasteiger partial charge >= 0.3 is 0 Å². The molecule has 0 saturated carbocycles. The minimum Gasteiger partial charge on any atom is -0.495 e. The number of halogens is 3. The molecule has 168 valence electrons. The van der Waals surface area contributed by atoms with Crippen LogP contribution in [0.1, 0.15) is 5.56 Å². The lowest BCUT2D eigenvalue weighted by Crippen LogP contribution is -2.04. The normalized spacial score (nSPS) is 11.3. The van der Waals surface area contributed by atoms with E-state index in [-0.39, 0.29) is 11.0 Å². The van der Waals surface area contributed by atoms with E-state index in [1.165, 1.54) is 0 Å². The van der Waals surface area contributed by atoms with Gasteiger partial charge in [0.25, 0.3) is 0 Å². The van der Waals surface area contributed by atoms with E-state index in [1.54, 1.807) is 29.9 Å². The Morgan fingerprint density at radius 2 is 1.88 bits per heavy atom. The van der Waals surface area contributed by atoms with Crippen LogP contribution in [0.15, 0.2) is 75.4 Å². The molecule has 6 nitrogen and oxygen atoms in total. The van der Waals surface area contributed by atoms with Crippen molar-refractivity contribution in [1.29, 1.82) is 0 Å². The molecule has 10 heteroatoms. The van der Waals surface area contributed by atoms with Gasteiger partial charge in [0, 0.05) is 20.6 Å². The van der Waals surface area contributed by atoms with Crippen LogP contribution >= 0.6 is 51.3 Å². The lowest BCUT2D eigenvalue weighted by molar-refractivity contribution is 0.415. The van der Waals surface area contributed by atoms with E-state index in [4.69, 9.17) is 40.2 Å². The first-order chi connectivity index (χ1) is 15.9. The lowest BCUT2D eigenvalue weighted by atomic mass is 10.2. The predicted octanol–water partition coefficient (Wildman–Crippen LogP) is 7.95. The van der Waals surface area contributed by atoms with Crippen molar-refractivity contribution in [3.63, 3.8) is 0 Å². The maximum absolute atomic E-state index is 11.0. The Morgan fingerprint density at radius 1 is 1.12 bits per heavy atom. The Morgan fingerprint density at radius 3 is 2.58 bits per heavy atom. The van der Waals surface area contributed by atoms with Crippen molar-refractivity contribution in [2.75, 3.05) is 12.4 Å². The monoisotopic (exact) mass is 562 g/mol. The number of nitrogens with zero attached hydrogens (tertiary/aromatic N) is 3. The topological polar surface area (TPSA) is 71.1 Å². The van der Waals surface area contributed by atoms with Gasteiger partial charge in [-0.3, -0.25) is 0 Å². The number of hydrogen-bond donors (Lipinski definition) is 2. The first kappa shape index (κ1) is 23.5. The molecule has 2 N–H and O–H groups in total. The van der Waals surface area contributed by atoms with Gasteiger partial charge in [0.05, 0.1) is 24.2 Å². The number of aromatic nitrogens is 1. The smallest absolute Gasteiger partial charge is 0.221 e. The molecule has 0 aliphatic rings. The number of ether oxygens (including phenoxy) is 1. The van der Waals surface area contributed by atoms with Crippen molar-refractivity contribution in [2.45, 2.75) is 6.54 Å². The van der Waals surface area contributed by atoms with E-state index < -0.39 is 0 Å². The molecule has 0 unspecified atom stereocenters. The summed E-state index contributed by atoms with van der Waals surface area (Å²) in [6, 6.07) is 18.3. The van der Waals surface area contributed by atoms with E-state index in [9.17, 15) is 5.11 Å². The zero-order valence-electron chi connectivity index (χ0n) is 17.2. The van der Waals surface area contributed by atoms with Gasteiger partial charge in [-0.15, -0.1) is 10.2 Å². The highest BCUT2D eigenvalue weighted by Crippen LogP contribution is 2.40. The fourth-order valence-electron chi connectivity index (χ4n) is 3.31. The van der Waals surface area contributed by atoms with Crippen LogP contribution in [0.2, 0.25) is 10.0 Å². The molecule has 0 aliphatic carbocycles. The summed E-state index contributed by atoms with van der Waals surface area (Å²) in [4.78, 5) is 0. The fourth-order valence-corrected chi connectivity index (χ4v) is 4.22. The van der Waals surface area contributed by atoms with Crippen molar-refractivity contribution in [1.82, 2.24) is 4.57 Å². The number of fused-ring (bicyclic) bond motifs is 1. The SMILES string of the molecule is COc1ccc(NC(=S)N=Nc2c(O)n(Cc3ccc(Cl)cc3)c3ccc(Br)cc23)cc1Cl. The zero-order chi connectivity index (χ0) is 23.5. The number of thiocarbonyl (C=S) groups is 1. The summed E-state index contributed by atoms with van der Waals surface area (Å²) in [5.74, 6) is 0.538. The van der Waals surface area contributed by atoms with Gasteiger partial charge in [0.1, 0.15) is 5.75 Å². The Hall–Kier alpha value is -2.65. The fraction of sp³-hybridized carbons (Fsp3) is 0.0870. The average molecular weight is 564 g/mol. The van der Waals surface area contributed by atoms with E-state index in [0.717, 1.165) is 20.9 Å². The summed E-state index contributed by atoms with van der Waals surface area (Å²) in [5.41, 5.74) is 2.74. The quantitative estimate of drug-likeness (QED) is 0.191. The van der Waals surface area contributed by atoms with Crippen molar-refractivity contribution in [3.05, 3.63) is 80.7 Å². The number of benzene rings is 3. The van der Waals surface area contributed by atoms with Crippen LogP contribution in [0, 0.1) is 0 Å². The number of methoxy groups -OCH3 is 1. The number of aromatic hydroxyl groups is 1. The molecule has 0 bridgehead atoms. The van der Waals surface area contributed by atoms with E-state index >= 15 is 0 Å². The summed E-state index contributed by atoms with van der Waals surface area (Å²) in [5, 5.41) is 24.2. The first-order valence-corrected chi connectivity index (χ1v) is 11.6. The highest BCUT2D eigenvalue weighted by Gasteiger charge is 2.17. The van der Waals surface area contributed by atoms with Crippen LogP contribution in [0.3, 0.4) is 0 Å². The predicted molar refractivity (Wildman–Crippen MR) is 141 cm³/mol. The molecule has 4 aromatic rings. The molecule has 3 aromatic carbocycles. The van der Waals surface area contributed by atoms with Gasteiger partial charge in [0.15, 0.2) is 5.69 Å². The summed E-state index contributed by atoms with van der Waals surface area (Å²) in [6.45, 7) is 0.434. The van der Waals surface area contributed by atoms with Crippen LogP contribution in [0.4, 0.5) is 11.4 Å². The van der Waals surface area contributed by atoms with Crippen LogP contribution < -0.4 is 10.1 Å². The van der Waals surface area contributed by atoms with Crippen LogP contribution in [-0.2, 0) is 6.54 Å². The summed E-state index contributed by atoms with van der Waals surface area (Å²) in [6.07, 6.45) is 0. The average Bonchev–Trinajstić information content (AvgIpc) is 3.04.